The predicted octanol–water partition coefficient (Wildman–Crippen LogP) is 2.05. The van der Waals surface area contributed by atoms with Crippen molar-refractivity contribution in [3.63, 3.8) is 0 Å². The van der Waals surface area contributed by atoms with Crippen LogP contribution in [0.15, 0.2) is 30.3 Å². The molecule has 0 unspecified atom stereocenters. The van der Waals surface area contributed by atoms with Crippen LogP contribution in [0.2, 0.25) is 0 Å². The first-order chi connectivity index (χ1) is 11.9. The Morgan fingerprint density at radius 1 is 0.960 bits per heavy atom. The standard InChI is InChI=1S/C19H22N2O3S/c1-25(23,24)21-11-3-10-20(12-13-21)19(22)17-9-8-15-7-6-14-4-2-5-16(17)18(14)15/h2,4-5,8-9H,3,6-7,10-13H2,1H3. The summed E-state index contributed by atoms with van der Waals surface area (Å²) in [5, 5.41) is 2.27. The summed E-state index contributed by atoms with van der Waals surface area (Å²) in [6.45, 7) is 1.88. The lowest BCUT2D eigenvalue weighted by Crippen LogP contribution is -2.37. The van der Waals surface area contributed by atoms with E-state index in [1.54, 1.807) is 4.90 Å². The van der Waals surface area contributed by atoms with E-state index < -0.39 is 10.0 Å². The molecule has 4 rings (SSSR count). The quantitative estimate of drug-likeness (QED) is 0.826. The minimum absolute atomic E-state index is 0.00551. The van der Waals surface area contributed by atoms with Gasteiger partial charge in [0.2, 0.25) is 10.0 Å². The third-order valence-electron chi connectivity index (χ3n) is 5.32. The topological polar surface area (TPSA) is 57.7 Å². The third-order valence-corrected chi connectivity index (χ3v) is 6.62. The minimum atomic E-state index is -3.21. The van der Waals surface area contributed by atoms with E-state index in [2.05, 4.69) is 12.1 Å². The van der Waals surface area contributed by atoms with Gasteiger partial charge in [-0.05, 0) is 47.2 Å². The van der Waals surface area contributed by atoms with E-state index in [4.69, 9.17) is 0 Å². The maximum atomic E-state index is 13.1. The molecular formula is C19H22N2O3S. The van der Waals surface area contributed by atoms with Gasteiger partial charge in [0, 0.05) is 31.7 Å². The lowest BCUT2D eigenvalue weighted by atomic mass is 9.99. The van der Waals surface area contributed by atoms with E-state index in [0.717, 1.165) is 23.8 Å². The molecule has 2 aromatic rings. The summed E-state index contributed by atoms with van der Waals surface area (Å²) in [5.41, 5.74) is 3.37. The van der Waals surface area contributed by atoms with Crippen molar-refractivity contribution >= 4 is 26.7 Å². The summed E-state index contributed by atoms with van der Waals surface area (Å²) in [7, 11) is -3.21. The highest BCUT2D eigenvalue weighted by Crippen LogP contribution is 2.33. The number of rotatable bonds is 2. The maximum Gasteiger partial charge on any atom is 0.254 e. The Kier molecular flexibility index (Phi) is 4.04. The van der Waals surface area contributed by atoms with Gasteiger partial charge in [-0.1, -0.05) is 24.3 Å². The van der Waals surface area contributed by atoms with Gasteiger partial charge < -0.3 is 4.90 Å². The van der Waals surface area contributed by atoms with Crippen LogP contribution >= 0.6 is 0 Å². The van der Waals surface area contributed by atoms with E-state index in [1.807, 2.05) is 18.2 Å². The van der Waals surface area contributed by atoms with Gasteiger partial charge in [0.05, 0.1) is 6.26 Å². The summed E-state index contributed by atoms with van der Waals surface area (Å²) >= 11 is 0. The van der Waals surface area contributed by atoms with Crippen LogP contribution in [0.4, 0.5) is 0 Å². The van der Waals surface area contributed by atoms with Gasteiger partial charge in [0.25, 0.3) is 5.91 Å². The van der Waals surface area contributed by atoms with Crippen molar-refractivity contribution in [2.24, 2.45) is 0 Å². The number of benzene rings is 2. The first-order valence-corrected chi connectivity index (χ1v) is 10.6. The fourth-order valence-electron chi connectivity index (χ4n) is 4.03. The van der Waals surface area contributed by atoms with E-state index in [1.165, 1.54) is 27.1 Å². The summed E-state index contributed by atoms with van der Waals surface area (Å²) in [6, 6.07) is 10.2. The van der Waals surface area contributed by atoms with Crippen LogP contribution in [-0.4, -0.2) is 56.0 Å². The molecule has 1 fully saturated rings. The van der Waals surface area contributed by atoms with Crippen LogP contribution in [0.1, 0.15) is 27.9 Å². The zero-order valence-corrected chi connectivity index (χ0v) is 15.2. The maximum absolute atomic E-state index is 13.1. The van der Waals surface area contributed by atoms with Crippen molar-refractivity contribution in [3.8, 4) is 0 Å². The highest BCUT2D eigenvalue weighted by molar-refractivity contribution is 7.88. The van der Waals surface area contributed by atoms with Crippen molar-refractivity contribution in [1.82, 2.24) is 9.21 Å². The molecule has 0 saturated carbocycles. The van der Waals surface area contributed by atoms with Gasteiger partial charge in [0.1, 0.15) is 0 Å². The summed E-state index contributed by atoms with van der Waals surface area (Å²) < 4.78 is 25.0. The average molecular weight is 358 g/mol. The number of amides is 1. The van der Waals surface area contributed by atoms with Crippen molar-refractivity contribution < 1.29 is 13.2 Å². The van der Waals surface area contributed by atoms with Crippen LogP contribution in [0.25, 0.3) is 10.8 Å². The largest absolute Gasteiger partial charge is 0.337 e. The fourth-order valence-corrected chi connectivity index (χ4v) is 4.91. The van der Waals surface area contributed by atoms with Crippen molar-refractivity contribution in [3.05, 3.63) is 47.0 Å². The van der Waals surface area contributed by atoms with E-state index in [-0.39, 0.29) is 5.91 Å². The predicted molar refractivity (Wildman–Crippen MR) is 98.3 cm³/mol. The van der Waals surface area contributed by atoms with E-state index >= 15 is 0 Å². The van der Waals surface area contributed by atoms with Crippen LogP contribution in [-0.2, 0) is 22.9 Å². The molecule has 2 aliphatic rings. The van der Waals surface area contributed by atoms with Gasteiger partial charge in [-0.15, -0.1) is 0 Å². The Balaban J connectivity index is 1.65. The zero-order valence-electron chi connectivity index (χ0n) is 14.4. The Bertz CT molecular complexity index is 942. The molecular weight excluding hydrogens is 336 g/mol. The van der Waals surface area contributed by atoms with Crippen LogP contribution < -0.4 is 0 Å². The molecule has 6 heteroatoms. The highest BCUT2D eigenvalue weighted by Gasteiger charge is 2.26. The molecule has 1 aliphatic heterocycles. The number of carbonyl (C=O) groups is 1. The lowest BCUT2D eigenvalue weighted by molar-refractivity contribution is 0.0766. The average Bonchev–Trinajstić information content (AvgIpc) is 2.84. The van der Waals surface area contributed by atoms with E-state index in [0.29, 0.717) is 32.6 Å². The zero-order chi connectivity index (χ0) is 17.6. The molecule has 2 aromatic carbocycles. The molecule has 25 heavy (non-hydrogen) atoms. The van der Waals surface area contributed by atoms with Gasteiger partial charge in [-0.3, -0.25) is 4.79 Å². The van der Waals surface area contributed by atoms with Gasteiger partial charge in [0.15, 0.2) is 0 Å². The molecule has 1 heterocycles. The second kappa shape index (κ2) is 6.11. The molecule has 0 aromatic heterocycles. The number of hydrogen-bond acceptors (Lipinski definition) is 3. The normalized spacial score (nSPS) is 18.5. The van der Waals surface area contributed by atoms with Crippen molar-refractivity contribution in [2.75, 3.05) is 32.4 Å². The molecule has 0 spiro atoms. The molecule has 5 nitrogen and oxygen atoms in total. The van der Waals surface area contributed by atoms with Gasteiger partial charge >= 0.3 is 0 Å². The summed E-state index contributed by atoms with van der Waals surface area (Å²) in [5.74, 6) is 0.00551. The summed E-state index contributed by atoms with van der Waals surface area (Å²) in [4.78, 5) is 14.9. The molecule has 0 atom stereocenters. The Morgan fingerprint density at radius 2 is 1.72 bits per heavy atom. The highest BCUT2D eigenvalue weighted by atomic mass is 32.2. The third kappa shape index (κ3) is 2.93. The van der Waals surface area contributed by atoms with Gasteiger partial charge in [-0.2, -0.15) is 0 Å². The second-order valence-corrected chi connectivity index (χ2v) is 8.90. The molecule has 1 amide bonds. The molecule has 0 bridgehead atoms. The first-order valence-electron chi connectivity index (χ1n) is 8.73. The fraction of sp³-hybridized carbons (Fsp3) is 0.421. The Hall–Kier alpha value is -1.92. The minimum Gasteiger partial charge on any atom is -0.337 e. The molecule has 0 N–H and O–H groups in total. The second-order valence-electron chi connectivity index (χ2n) is 6.92. The summed E-state index contributed by atoms with van der Waals surface area (Å²) in [6.07, 6.45) is 3.97. The Labute approximate surface area is 148 Å². The molecule has 0 radical (unpaired) electrons. The van der Waals surface area contributed by atoms with Crippen LogP contribution in [0.5, 0.6) is 0 Å². The van der Waals surface area contributed by atoms with Crippen molar-refractivity contribution in [2.45, 2.75) is 19.3 Å². The van der Waals surface area contributed by atoms with Gasteiger partial charge in [-0.25, -0.2) is 12.7 Å². The molecule has 1 saturated heterocycles. The van der Waals surface area contributed by atoms with E-state index in [9.17, 15) is 13.2 Å². The molecule has 1 aliphatic carbocycles. The first kappa shape index (κ1) is 16.5. The smallest absolute Gasteiger partial charge is 0.254 e. The number of aryl methyl sites for hydroxylation is 2. The number of carbonyl (C=O) groups excluding carboxylic acids is 1. The van der Waals surface area contributed by atoms with Crippen molar-refractivity contribution in [1.29, 1.82) is 0 Å². The Morgan fingerprint density at radius 3 is 2.48 bits per heavy atom. The SMILES string of the molecule is CS(=O)(=O)N1CCCN(C(=O)c2ccc3c4c(cccc24)CC3)CC1. The number of nitrogens with zero attached hydrogens (tertiary/aromatic N) is 2. The monoisotopic (exact) mass is 358 g/mol. The lowest BCUT2D eigenvalue weighted by Gasteiger charge is -2.22. The van der Waals surface area contributed by atoms with Crippen LogP contribution in [0, 0.1) is 0 Å². The molecule has 132 valence electrons. The number of sulfonamides is 1. The number of hydrogen-bond donors (Lipinski definition) is 0. The van der Waals surface area contributed by atoms with Crippen LogP contribution in [0.3, 0.4) is 0 Å².